The second-order valence-electron chi connectivity index (χ2n) is 3.18. The number of Topliss-reactive ketones (excluding diaryl/α,β-unsaturated/α-hetero) is 1. The smallest absolute Gasteiger partial charge is 0.378 e. The number of carbonyl (C=O) groups is 2. The number of benzene rings is 1. The summed E-state index contributed by atoms with van der Waals surface area (Å²) in [6.07, 6.45) is 0. The van der Waals surface area contributed by atoms with Crippen LogP contribution in [0.5, 0.6) is 0 Å². The van der Waals surface area contributed by atoms with Crippen LogP contribution < -0.4 is 0 Å². The number of hydrogen-bond donors (Lipinski definition) is 1. The third-order valence-corrected chi connectivity index (χ3v) is 2.91. The Kier molecular flexibility index (Phi) is 2.97. The van der Waals surface area contributed by atoms with Gasteiger partial charge in [0.2, 0.25) is 0 Å². The third-order valence-electron chi connectivity index (χ3n) is 2.02. The van der Waals surface area contributed by atoms with Gasteiger partial charge in [-0.05, 0) is 24.3 Å². The van der Waals surface area contributed by atoms with Gasteiger partial charge in [-0.3, -0.25) is 4.79 Å². The van der Waals surface area contributed by atoms with E-state index in [2.05, 4.69) is 4.98 Å². The first-order valence-electron chi connectivity index (χ1n) is 4.57. The summed E-state index contributed by atoms with van der Waals surface area (Å²) < 4.78 is 12.7. The van der Waals surface area contributed by atoms with Crippen LogP contribution in [0.1, 0.15) is 10.5 Å². The Bertz CT molecular complexity index is 577. The molecular formula is C11H6FNO3S. The van der Waals surface area contributed by atoms with E-state index in [1.807, 2.05) is 0 Å². The highest BCUT2D eigenvalue weighted by Gasteiger charge is 2.18. The Hall–Kier alpha value is -2.08. The van der Waals surface area contributed by atoms with E-state index in [0.717, 1.165) is 11.3 Å². The predicted molar refractivity (Wildman–Crippen MR) is 59.5 cm³/mol. The van der Waals surface area contributed by atoms with Gasteiger partial charge >= 0.3 is 5.97 Å². The van der Waals surface area contributed by atoms with Crippen LogP contribution in [0.15, 0.2) is 29.6 Å². The van der Waals surface area contributed by atoms with Crippen LogP contribution in [0, 0.1) is 5.82 Å². The van der Waals surface area contributed by atoms with Crippen molar-refractivity contribution in [1.82, 2.24) is 4.98 Å². The quantitative estimate of drug-likeness (QED) is 0.671. The minimum Gasteiger partial charge on any atom is -0.475 e. The van der Waals surface area contributed by atoms with Crippen LogP contribution in [0.4, 0.5) is 4.39 Å². The lowest BCUT2D eigenvalue weighted by atomic mass is 10.2. The summed E-state index contributed by atoms with van der Waals surface area (Å²) in [6, 6.07) is 5.58. The van der Waals surface area contributed by atoms with Gasteiger partial charge in [0.05, 0.1) is 0 Å². The molecule has 0 fully saturated rings. The Labute approximate surface area is 99.4 Å². The lowest BCUT2D eigenvalue weighted by Gasteiger charge is -1.94. The van der Waals surface area contributed by atoms with Crippen LogP contribution in [0.25, 0.3) is 10.6 Å². The molecule has 86 valence electrons. The van der Waals surface area contributed by atoms with Gasteiger partial charge in [0.1, 0.15) is 16.5 Å². The molecular weight excluding hydrogens is 245 g/mol. The van der Waals surface area contributed by atoms with E-state index < -0.39 is 11.8 Å². The van der Waals surface area contributed by atoms with Crippen LogP contribution in [-0.2, 0) is 4.79 Å². The fourth-order valence-electron chi connectivity index (χ4n) is 1.21. The zero-order valence-corrected chi connectivity index (χ0v) is 9.20. The van der Waals surface area contributed by atoms with Crippen molar-refractivity contribution < 1.29 is 19.1 Å². The summed E-state index contributed by atoms with van der Waals surface area (Å²) in [5, 5.41) is 10.4. The van der Waals surface area contributed by atoms with Crippen LogP contribution in [0.2, 0.25) is 0 Å². The summed E-state index contributed by atoms with van der Waals surface area (Å²) in [5.41, 5.74) is 0.530. The lowest BCUT2D eigenvalue weighted by Crippen LogP contribution is -2.12. The van der Waals surface area contributed by atoms with Crippen molar-refractivity contribution in [2.75, 3.05) is 0 Å². The molecule has 1 N–H and O–H groups in total. The van der Waals surface area contributed by atoms with Crippen molar-refractivity contribution >= 4 is 23.1 Å². The third kappa shape index (κ3) is 2.36. The van der Waals surface area contributed by atoms with Gasteiger partial charge in [0, 0.05) is 10.9 Å². The maximum atomic E-state index is 12.7. The summed E-state index contributed by atoms with van der Waals surface area (Å²) in [6.45, 7) is 0. The van der Waals surface area contributed by atoms with E-state index in [-0.39, 0.29) is 11.5 Å². The average Bonchev–Trinajstić information content (AvgIpc) is 2.78. The summed E-state index contributed by atoms with van der Waals surface area (Å²) in [4.78, 5) is 25.5. The Morgan fingerprint density at radius 1 is 1.24 bits per heavy atom. The molecule has 0 saturated carbocycles. The normalized spacial score (nSPS) is 10.2. The van der Waals surface area contributed by atoms with Gasteiger partial charge in [-0.15, -0.1) is 11.3 Å². The standard InChI is InChI=1S/C11H6FNO3S/c12-7-3-1-6(2-4-7)10-13-8(5-17-10)9(14)11(15)16/h1-5H,(H,15,16). The molecule has 0 unspecified atom stereocenters. The minimum absolute atomic E-state index is 0.109. The topological polar surface area (TPSA) is 67.3 Å². The number of nitrogens with zero attached hydrogens (tertiary/aromatic N) is 1. The Morgan fingerprint density at radius 3 is 2.47 bits per heavy atom. The molecule has 6 heteroatoms. The molecule has 17 heavy (non-hydrogen) atoms. The molecule has 2 aromatic rings. The zero-order valence-electron chi connectivity index (χ0n) is 8.38. The van der Waals surface area contributed by atoms with E-state index in [4.69, 9.17) is 5.11 Å². The molecule has 0 bridgehead atoms. The summed E-state index contributed by atoms with van der Waals surface area (Å²) >= 11 is 1.14. The molecule has 0 amide bonds. The molecule has 0 saturated heterocycles. The van der Waals surface area contributed by atoms with Crippen molar-refractivity contribution in [3.63, 3.8) is 0 Å². The first kappa shape index (κ1) is 11.4. The van der Waals surface area contributed by atoms with Gasteiger partial charge in [0.25, 0.3) is 5.78 Å². The fraction of sp³-hybridized carbons (Fsp3) is 0. The minimum atomic E-state index is -1.54. The molecule has 4 nitrogen and oxygen atoms in total. The first-order valence-corrected chi connectivity index (χ1v) is 5.45. The number of hydrogen-bond acceptors (Lipinski definition) is 4. The van der Waals surface area contributed by atoms with Crippen molar-refractivity contribution in [3.8, 4) is 10.6 Å². The fourth-order valence-corrected chi connectivity index (χ4v) is 2.02. The van der Waals surface area contributed by atoms with Crippen molar-refractivity contribution in [3.05, 3.63) is 41.2 Å². The number of carbonyl (C=O) groups excluding carboxylic acids is 1. The van der Waals surface area contributed by atoms with E-state index in [1.54, 1.807) is 0 Å². The number of ketones is 1. The van der Waals surface area contributed by atoms with Gasteiger partial charge < -0.3 is 5.11 Å². The summed E-state index contributed by atoms with van der Waals surface area (Å²) in [5.74, 6) is -2.96. The van der Waals surface area contributed by atoms with Crippen molar-refractivity contribution in [1.29, 1.82) is 0 Å². The first-order chi connectivity index (χ1) is 8.08. The lowest BCUT2D eigenvalue weighted by molar-refractivity contribution is -0.131. The molecule has 0 radical (unpaired) electrons. The van der Waals surface area contributed by atoms with Crippen LogP contribution in [0.3, 0.4) is 0 Å². The number of thiazole rings is 1. The number of carboxylic acid groups (broad SMARTS) is 1. The Morgan fingerprint density at radius 2 is 1.88 bits per heavy atom. The van der Waals surface area contributed by atoms with Crippen LogP contribution >= 0.6 is 11.3 Å². The molecule has 0 aliphatic heterocycles. The molecule has 0 spiro atoms. The highest BCUT2D eigenvalue weighted by molar-refractivity contribution is 7.13. The zero-order chi connectivity index (χ0) is 12.4. The molecule has 1 aromatic heterocycles. The molecule has 0 atom stereocenters. The molecule has 0 aliphatic rings. The maximum absolute atomic E-state index is 12.7. The Balaban J connectivity index is 2.33. The predicted octanol–water partition coefficient (Wildman–Crippen LogP) is 2.22. The number of aromatic nitrogens is 1. The molecule has 1 aromatic carbocycles. The molecule has 0 aliphatic carbocycles. The maximum Gasteiger partial charge on any atom is 0.378 e. The van der Waals surface area contributed by atoms with Crippen molar-refractivity contribution in [2.24, 2.45) is 0 Å². The number of aliphatic carboxylic acids is 1. The number of rotatable bonds is 3. The van der Waals surface area contributed by atoms with E-state index in [0.29, 0.717) is 10.6 Å². The second kappa shape index (κ2) is 4.42. The largest absolute Gasteiger partial charge is 0.475 e. The van der Waals surface area contributed by atoms with Gasteiger partial charge in [-0.2, -0.15) is 0 Å². The summed E-state index contributed by atoms with van der Waals surface area (Å²) in [7, 11) is 0. The van der Waals surface area contributed by atoms with Gasteiger partial charge in [0.15, 0.2) is 0 Å². The molecule has 1 heterocycles. The second-order valence-corrected chi connectivity index (χ2v) is 4.04. The van der Waals surface area contributed by atoms with E-state index in [9.17, 15) is 14.0 Å². The van der Waals surface area contributed by atoms with E-state index >= 15 is 0 Å². The molecule has 2 rings (SSSR count). The highest BCUT2D eigenvalue weighted by atomic mass is 32.1. The average molecular weight is 251 g/mol. The van der Waals surface area contributed by atoms with Gasteiger partial charge in [-0.1, -0.05) is 0 Å². The van der Waals surface area contributed by atoms with Gasteiger partial charge in [-0.25, -0.2) is 14.2 Å². The van der Waals surface area contributed by atoms with E-state index in [1.165, 1.54) is 29.6 Å². The highest BCUT2D eigenvalue weighted by Crippen LogP contribution is 2.23. The van der Waals surface area contributed by atoms with Crippen LogP contribution in [-0.4, -0.2) is 21.8 Å². The number of carboxylic acids is 1. The monoisotopic (exact) mass is 251 g/mol. The SMILES string of the molecule is O=C(O)C(=O)c1csc(-c2ccc(F)cc2)n1. The number of halogens is 1. The van der Waals surface area contributed by atoms with Crippen molar-refractivity contribution in [2.45, 2.75) is 0 Å².